The van der Waals surface area contributed by atoms with Crippen molar-refractivity contribution in [2.75, 3.05) is 0 Å². The number of carbonyl (C=O) groups excluding carboxylic acids is 2. The summed E-state index contributed by atoms with van der Waals surface area (Å²) < 4.78 is 0. The molecular weight excluding hydrogens is 406 g/mol. The van der Waals surface area contributed by atoms with Crippen LogP contribution >= 0.6 is 11.6 Å². The maximum atomic E-state index is 13.2. The lowest BCUT2D eigenvalue weighted by atomic mass is 10.1. The van der Waals surface area contributed by atoms with Gasteiger partial charge in [-0.3, -0.25) is 19.7 Å². The van der Waals surface area contributed by atoms with Gasteiger partial charge < -0.3 is 10.2 Å². The smallest absolute Gasteiger partial charge is 0.273 e. The van der Waals surface area contributed by atoms with Gasteiger partial charge >= 0.3 is 0 Å². The number of hydrogen-bond donors (Lipinski definition) is 1. The lowest BCUT2D eigenvalue weighted by molar-refractivity contribution is -0.385. The highest BCUT2D eigenvalue weighted by atomic mass is 35.5. The molecule has 1 N–H and O–H groups in total. The van der Waals surface area contributed by atoms with Gasteiger partial charge in [-0.2, -0.15) is 0 Å². The lowest BCUT2D eigenvalue weighted by Gasteiger charge is -2.29. The summed E-state index contributed by atoms with van der Waals surface area (Å²) in [5.74, 6) is -0.654. The Morgan fingerprint density at radius 2 is 1.87 bits per heavy atom. The maximum absolute atomic E-state index is 13.2. The topological polar surface area (TPSA) is 92.6 Å². The minimum atomic E-state index is -0.756. The van der Waals surface area contributed by atoms with E-state index in [1.165, 1.54) is 11.0 Å². The number of nitro groups is 1. The Bertz CT molecular complexity index is 919. The van der Waals surface area contributed by atoms with Crippen LogP contribution in [0.1, 0.15) is 38.3 Å². The van der Waals surface area contributed by atoms with Crippen molar-refractivity contribution in [3.8, 4) is 0 Å². The van der Waals surface area contributed by atoms with Crippen LogP contribution in [0.5, 0.6) is 0 Å². The Labute approximate surface area is 181 Å². The van der Waals surface area contributed by atoms with E-state index in [1.54, 1.807) is 43.3 Å². The molecule has 0 fully saturated rings. The van der Waals surface area contributed by atoms with E-state index < -0.39 is 11.0 Å². The van der Waals surface area contributed by atoms with Gasteiger partial charge in [-0.25, -0.2) is 0 Å². The van der Waals surface area contributed by atoms with Gasteiger partial charge in [-0.05, 0) is 38.0 Å². The third-order valence-electron chi connectivity index (χ3n) is 4.94. The number of carbonyl (C=O) groups is 2. The fraction of sp³-hybridized carbons (Fsp3) is 0.364. The van der Waals surface area contributed by atoms with Crippen LogP contribution in [-0.4, -0.2) is 33.7 Å². The number of para-hydroxylation sites is 1. The van der Waals surface area contributed by atoms with E-state index in [4.69, 9.17) is 11.6 Å². The predicted molar refractivity (Wildman–Crippen MR) is 116 cm³/mol. The van der Waals surface area contributed by atoms with Crippen LogP contribution in [0.4, 0.5) is 5.69 Å². The van der Waals surface area contributed by atoms with Crippen molar-refractivity contribution in [2.45, 2.75) is 52.2 Å². The summed E-state index contributed by atoms with van der Waals surface area (Å²) in [4.78, 5) is 38.1. The van der Waals surface area contributed by atoms with Crippen molar-refractivity contribution in [3.63, 3.8) is 0 Å². The third-order valence-corrected chi connectivity index (χ3v) is 5.18. The van der Waals surface area contributed by atoms with E-state index in [1.807, 2.05) is 19.9 Å². The Morgan fingerprint density at radius 3 is 2.50 bits per heavy atom. The van der Waals surface area contributed by atoms with Crippen LogP contribution in [0.25, 0.3) is 0 Å². The predicted octanol–water partition coefficient (Wildman–Crippen LogP) is 4.12. The molecule has 0 saturated heterocycles. The fourth-order valence-corrected chi connectivity index (χ4v) is 3.20. The quantitative estimate of drug-likeness (QED) is 0.477. The molecule has 2 aromatic carbocycles. The van der Waals surface area contributed by atoms with E-state index in [2.05, 4.69) is 5.32 Å². The van der Waals surface area contributed by atoms with Gasteiger partial charge in [0.25, 0.3) is 5.69 Å². The molecule has 2 aromatic rings. The first kappa shape index (κ1) is 23.3. The van der Waals surface area contributed by atoms with Crippen molar-refractivity contribution in [1.29, 1.82) is 0 Å². The summed E-state index contributed by atoms with van der Waals surface area (Å²) in [6.07, 6.45) is 0.579. The second kappa shape index (κ2) is 10.7. The molecule has 2 amide bonds. The minimum absolute atomic E-state index is 0.0294. The molecule has 0 aliphatic heterocycles. The van der Waals surface area contributed by atoms with Gasteiger partial charge in [0.2, 0.25) is 11.8 Å². The van der Waals surface area contributed by atoms with Gasteiger partial charge in [0, 0.05) is 29.2 Å². The maximum Gasteiger partial charge on any atom is 0.273 e. The van der Waals surface area contributed by atoms with E-state index in [0.717, 1.165) is 12.0 Å². The number of nitrogens with one attached hydrogen (secondary N) is 1. The summed E-state index contributed by atoms with van der Waals surface area (Å²) >= 11 is 6.07. The number of halogens is 1. The molecule has 160 valence electrons. The zero-order chi connectivity index (χ0) is 22.3. The molecule has 0 heterocycles. The molecule has 0 aromatic heterocycles. The van der Waals surface area contributed by atoms with Crippen LogP contribution in [0.2, 0.25) is 5.02 Å². The number of benzene rings is 2. The summed E-state index contributed by atoms with van der Waals surface area (Å²) in [6.45, 7) is 5.66. The van der Waals surface area contributed by atoms with Crippen LogP contribution in [0.3, 0.4) is 0 Å². The summed E-state index contributed by atoms with van der Waals surface area (Å²) in [5, 5.41) is 14.7. The van der Waals surface area contributed by atoms with Crippen molar-refractivity contribution in [3.05, 3.63) is 74.8 Å². The van der Waals surface area contributed by atoms with E-state index in [-0.39, 0.29) is 36.5 Å². The van der Waals surface area contributed by atoms with Crippen LogP contribution in [-0.2, 0) is 22.6 Å². The number of hydrogen-bond acceptors (Lipinski definition) is 4. The summed E-state index contributed by atoms with van der Waals surface area (Å²) in [5.41, 5.74) is 0.949. The standard InChI is InChI=1S/C22H26ClN3O4/c1-4-15(2)24-22(28)16(3)25(14-17-8-7-10-19(23)12-17)21(27)13-18-9-5-6-11-20(18)26(29)30/h5-12,15-16H,4,13-14H2,1-3H3,(H,24,28)/t15-,16+/m0/s1. The number of nitrogens with zero attached hydrogens (tertiary/aromatic N) is 2. The number of amides is 2. The SMILES string of the molecule is CC[C@H](C)NC(=O)[C@@H](C)N(Cc1cccc(Cl)c1)C(=O)Cc1ccccc1[N+](=O)[O-]. The highest BCUT2D eigenvalue weighted by Crippen LogP contribution is 2.21. The van der Waals surface area contributed by atoms with Crippen LogP contribution in [0.15, 0.2) is 48.5 Å². The Hall–Kier alpha value is -2.93. The fourth-order valence-electron chi connectivity index (χ4n) is 2.98. The highest BCUT2D eigenvalue weighted by molar-refractivity contribution is 6.30. The first-order valence-corrected chi connectivity index (χ1v) is 10.2. The zero-order valence-electron chi connectivity index (χ0n) is 17.3. The van der Waals surface area contributed by atoms with Gasteiger partial charge in [-0.1, -0.05) is 48.9 Å². The highest BCUT2D eigenvalue weighted by Gasteiger charge is 2.28. The molecular formula is C22H26ClN3O4. The molecule has 0 bridgehead atoms. The van der Waals surface area contributed by atoms with Crippen LogP contribution < -0.4 is 5.32 Å². The first-order chi connectivity index (χ1) is 14.2. The molecule has 8 heteroatoms. The average molecular weight is 432 g/mol. The molecule has 0 aliphatic carbocycles. The van der Waals surface area contributed by atoms with Crippen molar-refractivity contribution >= 4 is 29.1 Å². The molecule has 0 radical (unpaired) electrons. The number of rotatable bonds is 9. The molecule has 7 nitrogen and oxygen atoms in total. The third kappa shape index (κ3) is 6.29. The Morgan fingerprint density at radius 1 is 1.17 bits per heavy atom. The first-order valence-electron chi connectivity index (χ1n) is 9.79. The molecule has 2 atom stereocenters. The molecule has 0 saturated carbocycles. The van der Waals surface area contributed by atoms with Gasteiger partial charge in [-0.15, -0.1) is 0 Å². The van der Waals surface area contributed by atoms with Crippen molar-refractivity contribution < 1.29 is 14.5 Å². The number of nitro benzene ring substituents is 1. The summed E-state index contributed by atoms with van der Waals surface area (Å²) in [7, 11) is 0. The Kier molecular flexibility index (Phi) is 8.35. The molecule has 0 aliphatic rings. The van der Waals surface area contributed by atoms with E-state index in [9.17, 15) is 19.7 Å². The van der Waals surface area contributed by atoms with Gasteiger partial charge in [0.15, 0.2) is 0 Å². The van der Waals surface area contributed by atoms with Gasteiger partial charge in [0.05, 0.1) is 11.3 Å². The van der Waals surface area contributed by atoms with Crippen LogP contribution in [0, 0.1) is 10.1 Å². The lowest BCUT2D eigenvalue weighted by Crippen LogP contribution is -2.49. The van der Waals surface area contributed by atoms with Gasteiger partial charge in [0.1, 0.15) is 6.04 Å². The average Bonchev–Trinajstić information content (AvgIpc) is 2.71. The molecule has 30 heavy (non-hydrogen) atoms. The monoisotopic (exact) mass is 431 g/mol. The molecule has 0 spiro atoms. The molecule has 0 unspecified atom stereocenters. The van der Waals surface area contributed by atoms with E-state index >= 15 is 0 Å². The largest absolute Gasteiger partial charge is 0.352 e. The Balaban J connectivity index is 2.31. The van der Waals surface area contributed by atoms with Crippen molar-refractivity contribution in [1.82, 2.24) is 10.2 Å². The molecule has 2 rings (SSSR count). The zero-order valence-corrected chi connectivity index (χ0v) is 18.1. The van der Waals surface area contributed by atoms with E-state index in [0.29, 0.717) is 10.6 Å². The second-order valence-electron chi connectivity index (χ2n) is 7.21. The summed E-state index contributed by atoms with van der Waals surface area (Å²) in [6, 6.07) is 12.4. The normalized spacial score (nSPS) is 12.7. The van der Waals surface area contributed by atoms with Crippen molar-refractivity contribution in [2.24, 2.45) is 0 Å². The second-order valence-corrected chi connectivity index (χ2v) is 7.64. The minimum Gasteiger partial charge on any atom is -0.352 e.